The first-order valence-electron chi connectivity index (χ1n) is 13.2. The van der Waals surface area contributed by atoms with Crippen molar-refractivity contribution in [1.29, 1.82) is 0 Å². The predicted molar refractivity (Wildman–Crippen MR) is 153 cm³/mol. The number of hydrogen-bond donors (Lipinski definition) is 4. The zero-order valence-corrected chi connectivity index (χ0v) is 22.6. The van der Waals surface area contributed by atoms with Gasteiger partial charge in [0, 0.05) is 30.9 Å². The molecule has 1 aliphatic rings. The molecule has 1 saturated heterocycles. The fraction of sp³-hybridized carbons (Fsp3) is 0.226. The van der Waals surface area contributed by atoms with Crippen LogP contribution in [0.4, 0.5) is 4.79 Å². The van der Waals surface area contributed by atoms with E-state index in [1.807, 2.05) is 67.6 Å². The minimum absolute atomic E-state index is 0.0240. The first kappa shape index (κ1) is 27.8. The van der Waals surface area contributed by atoms with Crippen LogP contribution in [0, 0.1) is 6.92 Å². The summed E-state index contributed by atoms with van der Waals surface area (Å²) >= 11 is 0. The number of nitrogens with zero attached hydrogens (tertiary/aromatic N) is 3. The second-order valence-electron chi connectivity index (χ2n) is 10.2. The molecule has 10 heteroatoms. The third kappa shape index (κ3) is 5.34. The molecular formula is C31H31N5O5. The second kappa shape index (κ2) is 11.4. The Morgan fingerprint density at radius 2 is 1.76 bits per heavy atom. The fourth-order valence-electron chi connectivity index (χ4n) is 5.37. The number of carbonyl (C=O) groups excluding carboxylic acids is 2. The van der Waals surface area contributed by atoms with E-state index in [4.69, 9.17) is 5.73 Å². The molecule has 2 amide bonds. The average Bonchev–Trinajstić information content (AvgIpc) is 3.39. The van der Waals surface area contributed by atoms with E-state index in [0.29, 0.717) is 18.5 Å². The number of aryl methyl sites for hydroxylation is 1. The number of carboxylic acid groups (broad SMARTS) is 1. The lowest BCUT2D eigenvalue weighted by Crippen LogP contribution is -2.68. The smallest absolute Gasteiger partial charge is 0.408 e. The Labute approximate surface area is 237 Å². The zero-order valence-electron chi connectivity index (χ0n) is 22.6. The van der Waals surface area contributed by atoms with E-state index in [9.17, 15) is 24.6 Å². The van der Waals surface area contributed by atoms with Crippen molar-refractivity contribution < 1.29 is 24.6 Å². The van der Waals surface area contributed by atoms with Crippen molar-refractivity contribution in [1.82, 2.24) is 20.0 Å². The number of aliphatic hydroxyl groups is 1. The van der Waals surface area contributed by atoms with Crippen LogP contribution in [0.5, 0.6) is 0 Å². The molecule has 10 nitrogen and oxygen atoms in total. The molecule has 0 saturated carbocycles. The zero-order chi connectivity index (χ0) is 29.1. The van der Waals surface area contributed by atoms with Gasteiger partial charge in [-0.25, -0.2) is 9.48 Å². The molecule has 0 bridgehead atoms. The summed E-state index contributed by atoms with van der Waals surface area (Å²) in [5, 5.41) is 27.5. The summed E-state index contributed by atoms with van der Waals surface area (Å²) in [6.45, 7) is 1.73. The summed E-state index contributed by atoms with van der Waals surface area (Å²) in [5.41, 5.74) is 9.60. The van der Waals surface area contributed by atoms with Crippen LogP contribution in [-0.4, -0.2) is 74.5 Å². The summed E-state index contributed by atoms with van der Waals surface area (Å²) in [5.74, 6) is -1.05. The van der Waals surface area contributed by atoms with Crippen LogP contribution in [0.1, 0.15) is 37.7 Å². The Hall–Kier alpha value is -4.80. The quantitative estimate of drug-likeness (QED) is 0.245. The third-order valence-electron chi connectivity index (χ3n) is 7.53. The van der Waals surface area contributed by atoms with Gasteiger partial charge in [0.15, 0.2) is 11.5 Å². The largest absolute Gasteiger partial charge is 0.465 e. The molecule has 5 N–H and O–H groups in total. The number of rotatable bonds is 8. The van der Waals surface area contributed by atoms with Crippen molar-refractivity contribution in [2.24, 2.45) is 5.73 Å². The van der Waals surface area contributed by atoms with E-state index in [1.54, 1.807) is 22.9 Å². The van der Waals surface area contributed by atoms with Gasteiger partial charge in [0.05, 0.1) is 12.3 Å². The Bertz CT molecular complexity index is 1600. The Balaban J connectivity index is 1.51. The maximum absolute atomic E-state index is 13.9. The number of nitrogens with one attached hydrogen (secondary N) is 1. The van der Waals surface area contributed by atoms with Crippen molar-refractivity contribution in [3.8, 4) is 16.8 Å². The number of ketones is 1. The van der Waals surface area contributed by atoms with Gasteiger partial charge in [0.2, 0.25) is 0 Å². The Kier molecular flexibility index (Phi) is 7.69. The number of primary amides is 1. The van der Waals surface area contributed by atoms with Gasteiger partial charge in [-0.05, 0) is 59.9 Å². The number of aliphatic hydroxyl groups excluding tert-OH is 1. The van der Waals surface area contributed by atoms with Crippen molar-refractivity contribution in [3.63, 3.8) is 0 Å². The molecule has 1 aromatic heterocycles. The Morgan fingerprint density at radius 1 is 1.02 bits per heavy atom. The average molecular weight is 554 g/mol. The van der Waals surface area contributed by atoms with E-state index in [2.05, 4.69) is 10.4 Å². The topological polar surface area (TPSA) is 151 Å². The van der Waals surface area contributed by atoms with E-state index < -0.39 is 29.9 Å². The Morgan fingerprint density at radius 3 is 2.39 bits per heavy atom. The van der Waals surface area contributed by atoms with Gasteiger partial charge in [-0.2, -0.15) is 5.10 Å². The van der Waals surface area contributed by atoms with Crippen LogP contribution in [0.2, 0.25) is 0 Å². The normalized spacial score (nSPS) is 16.9. The number of aromatic nitrogens is 2. The van der Waals surface area contributed by atoms with E-state index in [0.717, 1.165) is 38.5 Å². The van der Waals surface area contributed by atoms with Gasteiger partial charge in [-0.15, -0.1) is 0 Å². The van der Waals surface area contributed by atoms with E-state index in [1.165, 1.54) is 0 Å². The third-order valence-corrected chi connectivity index (χ3v) is 7.53. The van der Waals surface area contributed by atoms with Gasteiger partial charge < -0.3 is 21.3 Å². The van der Waals surface area contributed by atoms with Gasteiger partial charge in [0.25, 0.3) is 5.91 Å². The van der Waals surface area contributed by atoms with Crippen LogP contribution in [-0.2, 0) is 6.42 Å². The minimum atomic E-state index is -1.61. The molecule has 0 aliphatic carbocycles. The maximum Gasteiger partial charge on any atom is 0.408 e. The number of hydrogen-bond acceptors (Lipinski definition) is 6. The SMILES string of the molecule is Cc1cc(C(N)=O)nn1-c1ccc(Cc2cc(C(=O)C3(CO)CNCCN3C(=O)O)ccc2-c2ccccc2)cc1. The highest BCUT2D eigenvalue weighted by molar-refractivity contribution is 6.05. The first-order chi connectivity index (χ1) is 19.7. The summed E-state index contributed by atoms with van der Waals surface area (Å²) in [6, 6.07) is 24.5. The number of carbonyl (C=O) groups is 3. The molecule has 1 atom stereocenters. The van der Waals surface area contributed by atoms with E-state index >= 15 is 0 Å². The minimum Gasteiger partial charge on any atom is -0.465 e. The monoisotopic (exact) mass is 553 g/mol. The van der Waals surface area contributed by atoms with E-state index in [-0.39, 0.29) is 18.8 Å². The van der Waals surface area contributed by atoms with Crippen LogP contribution >= 0.6 is 0 Å². The lowest BCUT2D eigenvalue weighted by Gasteiger charge is -2.43. The van der Waals surface area contributed by atoms with Gasteiger partial charge >= 0.3 is 6.09 Å². The molecule has 0 spiro atoms. The summed E-state index contributed by atoms with van der Waals surface area (Å²) in [6.07, 6.45) is -0.756. The van der Waals surface area contributed by atoms with Gasteiger partial charge in [-0.3, -0.25) is 14.5 Å². The fourth-order valence-corrected chi connectivity index (χ4v) is 5.37. The molecule has 1 aliphatic heterocycles. The first-order valence-corrected chi connectivity index (χ1v) is 13.2. The van der Waals surface area contributed by atoms with Crippen LogP contribution in [0.25, 0.3) is 16.8 Å². The molecule has 210 valence electrons. The molecule has 2 heterocycles. The molecule has 41 heavy (non-hydrogen) atoms. The van der Waals surface area contributed by atoms with Gasteiger partial charge in [0.1, 0.15) is 5.54 Å². The summed E-state index contributed by atoms with van der Waals surface area (Å²) in [4.78, 5) is 38.4. The molecule has 4 aromatic rings. The van der Waals surface area contributed by atoms with Crippen LogP contribution in [0.15, 0.2) is 78.9 Å². The number of amides is 2. The van der Waals surface area contributed by atoms with Crippen molar-refractivity contribution in [2.45, 2.75) is 18.9 Å². The van der Waals surface area contributed by atoms with Crippen molar-refractivity contribution in [3.05, 3.63) is 107 Å². The number of benzene rings is 3. The summed E-state index contributed by atoms with van der Waals surface area (Å²) < 4.78 is 1.65. The van der Waals surface area contributed by atoms with Crippen molar-refractivity contribution >= 4 is 17.8 Å². The number of nitrogens with two attached hydrogens (primary N) is 1. The molecule has 0 radical (unpaired) electrons. The standard InChI is InChI=1S/C31H31N5O5/c1-20-15-27(29(32)39)34-36(20)25-10-7-21(8-11-25)16-24-17-23(9-12-26(24)22-5-3-2-4-6-22)28(38)31(19-37)18-33-13-14-35(31)30(40)41/h2-12,15,17,33,37H,13-14,16,18-19H2,1H3,(H2,32,39)(H,40,41). The molecule has 1 fully saturated rings. The van der Waals surface area contributed by atoms with Crippen molar-refractivity contribution in [2.75, 3.05) is 26.2 Å². The summed E-state index contributed by atoms with van der Waals surface area (Å²) in [7, 11) is 0. The lowest BCUT2D eigenvalue weighted by atomic mass is 9.84. The van der Waals surface area contributed by atoms with Gasteiger partial charge in [-0.1, -0.05) is 54.6 Å². The maximum atomic E-state index is 13.9. The highest BCUT2D eigenvalue weighted by Gasteiger charge is 2.48. The van der Waals surface area contributed by atoms with Crippen LogP contribution in [0.3, 0.4) is 0 Å². The highest BCUT2D eigenvalue weighted by Crippen LogP contribution is 2.30. The highest BCUT2D eigenvalue weighted by atomic mass is 16.4. The molecule has 5 rings (SSSR count). The molecule has 3 aromatic carbocycles. The van der Waals surface area contributed by atoms with Crippen LogP contribution < -0.4 is 11.1 Å². The number of piperazine rings is 1. The molecule has 1 unspecified atom stereocenters. The lowest BCUT2D eigenvalue weighted by molar-refractivity contribution is 0.0189. The predicted octanol–water partition coefficient (Wildman–Crippen LogP) is 3.03. The molecular weight excluding hydrogens is 522 g/mol. The second-order valence-corrected chi connectivity index (χ2v) is 10.2. The number of Topliss-reactive ketones (excluding diaryl/α,β-unsaturated/α-hetero) is 1.